The predicted molar refractivity (Wildman–Crippen MR) is 72.0 cm³/mol. The highest BCUT2D eigenvalue weighted by Gasteiger charge is 2.43. The van der Waals surface area contributed by atoms with E-state index < -0.39 is 6.10 Å². The number of hydrogen-bond donors (Lipinski definition) is 2. The lowest BCUT2D eigenvalue weighted by Gasteiger charge is -2.45. The van der Waals surface area contributed by atoms with Crippen LogP contribution in [0.5, 0.6) is 0 Å². The highest BCUT2D eigenvalue weighted by molar-refractivity contribution is 5.82. The Morgan fingerprint density at radius 3 is 2.72 bits per heavy atom. The molecule has 0 radical (unpaired) electrons. The molecule has 18 heavy (non-hydrogen) atoms. The van der Waals surface area contributed by atoms with E-state index in [9.17, 15) is 5.11 Å². The molecule has 3 heteroatoms. The van der Waals surface area contributed by atoms with E-state index in [1.165, 1.54) is 0 Å². The molecule has 1 aliphatic carbocycles. The first kappa shape index (κ1) is 11.6. The summed E-state index contributed by atoms with van der Waals surface area (Å²) in [5, 5.41) is 11.7. The number of pyridine rings is 1. The molecule has 1 atom stereocenters. The summed E-state index contributed by atoms with van der Waals surface area (Å²) >= 11 is 0. The molecule has 1 aromatic carbocycles. The molecule has 3 rings (SSSR count). The molecule has 1 unspecified atom stereocenters. The van der Waals surface area contributed by atoms with Crippen molar-refractivity contribution >= 4 is 10.9 Å². The molecular weight excluding hydrogens is 224 g/mol. The van der Waals surface area contributed by atoms with Crippen molar-refractivity contribution in [3.05, 3.63) is 42.1 Å². The van der Waals surface area contributed by atoms with Crippen LogP contribution in [0, 0.1) is 5.41 Å². The van der Waals surface area contributed by atoms with Crippen molar-refractivity contribution in [3.63, 3.8) is 0 Å². The van der Waals surface area contributed by atoms with Gasteiger partial charge in [0.25, 0.3) is 0 Å². The zero-order valence-electron chi connectivity index (χ0n) is 10.3. The summed E-state index contributed by atoms with van der Waals surface area (Å²) in [6, 6.07) is 9.91. The van der Waals surface area contributed by atoms with Crippen LogP contribution in [0.15, 0.2) is 36.5 Å². The van der Waals surface area contributed by atoms with Gasteiger partial charge in [0.05, 0.1) is 11.6 Å². The van der Waals surface area contributed by atoms with E-state index in [0.717, 1.165) is 35.7 Å². The number of nitrogens with two attached hydrogens (primary N) is 1. The average Bonchev–Trinajstić information content (AvgIpc) is 2.37. The number of benzene rings is 1. The van der Waals surface area contributed by atoms with E-state index >= 15 is 0 Å². The van der Waals surface area contributed by atoms with Gasteiger partial charge in [-0.05, 0) is 18.9 Å². The SMILES string of the molecule is NCC1(C(O)c2cccc3cccnc23)CCC1. The highest BCUT2D eigenvalue weighted by Crippen LogP contribution is 2.50. The second kappa shape index (κ2) is 4.34. The van der Waals surface area contributed by atoms with Crippen LogP contribution in [0.25, 0.3) is 10.9 Å². The van der Waals surface area contributed by atoms with Gasteiger partial charge in [-0.2, -0.15) is 0 Å². The van der Waals surface area contributed by atoms with Crippen molar-refractivity contribution in [3.8, 4) is 0 Å². The van der Waals surface area contributed by atoms with Crippen molar-refractivity contribution in [2.75, 3.05) is 6.54 Å². The molecule has 0 spiro atoms. The molecule has 0 amide bonds. The molecule has 0 saturated heterocycles. The zero-order valence-corrected chi connectivity index (χ0v) is 10.3. The number of aliphatic hydroxyl groups excluding tert-OH is 1. The maximum absolute atomic E-state index is 10.7. The van der Waals surface area contributed by atoms with Crippen molar-refractivity contribution < 1.29 is 5.11 Å². The van der Waals surface area contributed by atoms with Gasteiger partial charge in [0, 0.05) is 29.1 Å². The van der Waals surface area contributed by atoms with Gasteiger partial charge in [-0.25, -0.2) is 0 Å². The number of para-hydroxylation sites is 1. The number of aromatic nitrogens is 1. The fourth-order valence-electron chi connectivity index (χ4n) is 2.90. The fourth-order valence-corrected chi connectivity index (χ4v) is 2.90. The van der Waals surface area contributed by atoms with Crippen molar-refractivity contribution in [1.82, 2.24) is 4.98 Å². The standard InChI is InChI=1S/C15H18N2O/c16-10-15(7-3-8-15)14(18)12-6-1-4-11-5-2-9-17-13(11)12/h1-2,4-6,9,14,18H,3,7-8,10,16H2. The zero-order chi connectivity index (χ0) is 12.6. The van der Waals surface area contributed by atoms with E-state index in [2.05, 4.69) is 4.98 Å². The Morgan fingerprint density at radius 1 is 1.28 bits per heavy atom. The summed E-state index contributed by atoms with van der Waals surface area (Å²) in [5.74, 6) is 0. The summed E-state index contributed by atoms with van der Waals surface area (Å²) in [6.07, 6.45) is 4.44. The highest BCUT2D eigenvalue weighted by atomic mass is 16.3. The van der Waals surface area contributed by atoms with Crippen molar-refractivity contribution in [1.29, 1.82) is 0 Å². The largest absolute Gasteiger partial charge is 0.388 e. The van der Waals surface area contributed by atoms with E-state index in [1.54, 1.807) is 6.20 Å². The summed E-state index contributed by atoms with van der Waals surface area (Å²) in [5.41, 5.74) is 7.55. The molecule has 3 N–H and O–H groups in total. The smallest absolute Gasteiger partial charge is 0.0879 e. The van der Waals surface area contributed by atoms with Crippen LogP contribution in [0.2, 0.25) is 0 Å². The molecule has 0 bridgehead atoms. The number of rotatable bonds is 3. The van der Waals surface area contributed by atoms with Crippen LogP contribution < -0.4 is 5.73 Å². The quantitative estimate of drug-likeness (QED) is 0.869. The fraction of sp³-hybridized carbons (Fsp3) is 0.400. The van der Waals surface area contributed by atoms with E-state index in [1.807, 2.05) is 30.3 Å². The lowest BCUT2D eigenvalue weighted by molar-refractivity contribution is -0.0289. The Balaban J connectivity index is 2.09. The Hall–Kier alpha value is -1.45. The molecule has 1 fully saturated rings. The first-order chi connectivity index (χ1) is 8.77. The minimum Gasteiger partial charge on any atom is -0.388 e. The van der Waals surface area contributed by atoms with Crippen LogP contribution in [0.1, 0.15) is 30.9 Å². The summed E-state index contributed by atoms with van der Waals surface area (Å²) in [4.78, 5) is 4.41. The monoisotopic (exact) mass is 242 g/mol. The van der Waals surface area contributed by atoms with E-state index in [-0.39, 0.29) is 5.41 Å². The van der Waals surface area contributed by atoms with Gasteiger partial charge in [0.1, 0.15) is 0 Å². The number of hydrogen-bond acceptors (Lipinski definition) is 3. The number of aliphatic hydroxyl groups is 1. The summed E-state index contributed by atoms with van der Waals surface area (Å²) < 4.78 is 0. The third-order valence-corrected chi connectivity index (χ3v) is 4.29. The van der Waals surface area contributed by atoms with Crippen LogP contribution in [0.3, 0.4) is 0 Å². The molecule has 1 aliphatic rings. The molecular formula is C15H18N2O. The maximum atomic E-state index is 10.7. The van der Waals surface area contributed by atoms with Crippen molar-refractivity contribution in [2.24, 2.45) is 11.1 Å². The Labute approximate surface area is 107 Å². The van der Waals surface area contributed by atoms with Gasteiger partial charge in [-0.1, -0.05) is 30.7 Å². The normalized spacial score (nSPS) is 19.4. The van der Waals surface area contributed by atoms with Gasteiger partial charge >= 0.3 is 0 Å². The third kappa shape index (κ3) is 1.62. The Morgan fingerprint density at radius 2 is 2.06 bits per heavy atom. The second-order valence-corrected chi connectivity index (χ2v) is 5.24. The molecule has 2 aromatic rings. The van der Waals surface area contributed by atoms with Gasteiger partial charge in [-0.3, -0.25) is 4.98 Å². The lowest BCUT2D eigenvalue weighted by Crippen LogP contribution is -2.42. The number of nitrogens with zero attached hydrogens (tertiary/aromatic N) is 1. The molecule has 1 saturated carbocycles. The molecule has 3 nitrogen and oxygen atoms in total. The van der Waals surface area contributed by atoms with Gasteiger partial charge < -0.3 is 10.8 Å². The maximum Gasteiger partial charge on any atom is 0.0879 e. The molecule has 0 aliphatic heterocycles. The average molecular weight is 242 g/mol. The topological polar surface area (TPSA) is 59.1 Å². The molecule has 1 heterocycles. The van der Waals surface area contributed by atoms with E-state index in [0.29, 0.717) is 6.54 Å². The first-order valence-corrected chi connectivity index (χ1v) is 6.49. The van der Waals surface area contributed by atoms with Crippen LogP contribution in [-0.4, -0.2) is 16.6 Å². The number of fused-ring (bicyclic) bond motifs is 1. The minimum absolute atomic E-state index is 0.133. The second-order valence-electron chi connectivity index (χ2n) is 5.24. The Kier molecular flexibility index (Phi) is 2.80. The molecule has 94 valence electrons. The summed E-state index contributed by atoms with van der Waals surface area (Å²) in [7, 11) is 0. The minimum atomic E-state index is -0.505. The van der Waals surface area contributed by atoms with Crippen molar-refractivity contribution in [2.45, 2.75) is 25.4 Å². The first-order valence-electron chi connectivity index (χ1n) is 6.49. The van der Waals surface area contributed by atoms with Gasteiger partial charge in [0.2, 0.25) is 0 Å². The third-order valence-electron chi connectivity index (χ3n) is 4.29. The lowest BCUT2D eigenvalue weighted by atomic mass is 9.63. The van der Waals surface area contributed by atoms with Crippen LogP contribution >= 0.6 is 0 Å². The van der Waals surface area contributed by atoms with Crippen LogP contribution in [-0.2, 0) is 0 Å². The van der Waals surface area contributed by atoms with Gasteiger partial charge in [0.15, 0.2) is 0 Å². The predicted octanol–water partition coefficient (Wildman–Crippen LogP) is 2.40. The summed E-state index contributed by atoms with van der Waals surface area (Å²) in [6.45, 7) is 0.539. The molecule has 1 aromatic heterocycles. The van der Waals surface area contributed by atoms with Gasteiger partial charge in [-0.15, -0.1) is 0 Å². The Bertz CT molecular complexity index is 552. The van der Waals surface area contributed by atoms with E-state index in [4.69, 9.17) is 5.73 Å². The van der Waals surface area contributed by atoms with Crippen LogP contribution in [0.4, 0.5) is 0 Å².